The van der Waals surface area contributed by atoms with Crippen molar-refractivity contribution < 1.29 is 17.6 Å². The quantitative estimate of drug-likeness (QED) is 0.426. The molecule has 2 heterocycles. The molecule has 0 atom stereocenters. The van der Waals surface area contributed by atoms with Crippen LogP contribution in [-0.4, -0.2) is 24.1 Å². The van der Waals surface area contributed by atoms with E-state index in [1.54, 1.807) is 35.7 Å². The second-order valence-electron chi connectivity index (χ2n) is 7.08. The zero-order chi connectivity index (χ0) is 22.9. The molecule has 0 radical (unpaired) electrons. The molecule has 4 rings (SSSR count). The maximum atomic E-state index is 14.7. The molecule has 0 bridgehead atoms. The monoisotopic (exact) mass is 470 g/mol. The zero-order valence-electron chi connectivity index (χ0n) is 17.2. The highest BCUT2D eigenvalue weighted by Gasteiger charge is 2.17. The minimum absolute atomic E-state index is 0.172. The van der Waals surface area contributed by atoms with Crippen molar-refractivity contribution in [3.63, 3.8) is 0 Å². The summed E-state index contributed by atoms with van der Waals surface area (Å²) in [4.78, 5) is 12.7. The van der Waals surface area contributed by atoms with Crippen molar-refractivity contribution in [3.05, 3.63) is 88.8 Å². The molecule has 0 aliphatic heterocycles. The average Bonchev–Trinajstić information content (AvgIpc) is 3.38. The Labute approximate surface area is 188 Å². The first-order chi connectivity index (χ1) is 15.2. The minimum Gasteiger partial charge on any atom is -0.322 e. The fourth-order valence-electron chi connectivity index (χ4n) is 3.18. The van der Waals surface area contributed by atoms with E-state index >= 15 is 0 Å². The summed E-state index contributed by atoms with van der Waals surface area (Å²) in [5, 5.41) is 8.57. The third-order valence-corrected chi connectivity index (χ3v) is 7.36. The molecule has 4 aromatic rings. The van der Waals surface area contributed by atoms with Crippen LogP contribution in [0, 0.1) is 19.7 Å². The normalized spacial score (nSPS) is 11.3. The smallest absolute Gasteiger partial charge is 0.271 e. The Kier molecular flexibility index (Phi) is 5.81. The van der Waals surface area contributed by atoms with Crippen molar-refractivity contribution in [2.24, 2.45) is 0 Å². The van der Waals surface area contributed by atoms with E-state index in [1.807, 2.05) is 19.9 Å². The zero-order valence-corrected chi connectivity index (χ0v) is 18.8. The van der Waals surface area contributed by atoms with Crippen LogP contribution in [0.15, 0.2) is 70.3 Å². The Balaban J connectivity index is 1.51. The molecule has 0 saturated carbocycles. The second-order valence-corrected chi connectivity index (χ2v) is 9.93. The van der Waals surface area contributed by atoms with Gasteiger partial charge in [0.15, 0.2) is 5.82 Å². The maximum Gasteiger partial charge on any atom is 0.271 e. The number of amides is 1. The number of halogens is 1. The molecule has 0 aliphatic carbocycles. The molecule has 2 N–H and O–H groups in total. The highest BCUT2D eigenvalue weighted by Crippen LogP contribution is 2.23. The number of aromatic nitrogens is 2. The predicted octanol–water partition coefficient (Wildman–Crippen LogP) is 4.74. The van der Waals surface area contributed by atoms with Crippen LogP contribution in [0.4, 0.5) is 15.8 Å². The lowest BCUT2D eigenvalue weighted by Crippen LogP contribution is -2.15. The number of carbonyl (C=O) groups excluding carboxylic acids is 1. The fraction of sp³-hybridized carbons (Fsp3) is 0.0909. The largest absolute Gasteiger partial charge is 0.322 e. The lowest BCUT2D eigenvalue weighted by atomic mass is 10.2. The predicted molar refractivity (Wildman–Crippen MR) is 123 cm³/mol. The molecule has 10 heteroatoms. The number of sulfonamides is 1. The number of nitrogens with one attached hydrogen (secondary N) is 2. The third-order valence-electron chi connectivity index (χ3n) is 4.58. The second kappa shape index (κ2) is 8.56. The van der Waals surface area contributed by atoms with Gasteiger partial charge in [-0.05, 0) is 67.8 Å². The van der Waals surface area contributed by atoms with Crippen LogP contribution in [-0.2, 0) is 10.0 Å². The first-order valence-electron chi connectivity index (χ1n) is 9.54. The lowest BCUT2D eigenvalue weighted by Gasteiger charge is -2.11. The lowest BCUT2D eigenvalue weighted by molar-refractivity contribution is 0.102. The molecule has 164 valence electrons. The van der Waals surface area contributed by atoms with Gasteiger partial charge in [-0.1, -0.05) is 12.1 Å². The Morgan fingerprint density at radius 2 is 1.84 bits per heavy atom. The highest BCUT2D eigenvalue weighted by atomic mass is 32.2. The Bertz CT molecular complexity index is 1400. The van der Waals surface area contributed by atoms with Gasteiger partial charge in [0.25, 0.3) is 15.9 Å². The van der Waals surface area contributed by atoms with Gasteiger partial charge in [0.2, 0.25) is 0 Å². The molecule has 1 amide bonds. The van der Waals surface area contributed by atoms with Gasteiger partial charge in [0.1, 0.15) is 9.90 Å². The molecule has 0 fully saturated rings. The number of carbonyl (C=O) groups is 1. The SMILES string of the molecule is Cc1cc(C)n(-c2ccc(NC(=O)c3cccc(NS(=O)(=O)c4cccs4)c3)cc2F)n1. The molecular formula is C22H19FN4O3S2. The van der Waals surface area contributed by atoms with Crippen LogP contribution in [0.1, 0.15) is 21.7 Å². The van der Waals surface area contributed by atoms with Crippen molar-refractivity contribution in [3.8, 4) is 5.69 Å². The number of hydrogen-bond donors (Lipinski definition) is 2. The van der Waals surface area contributed by atoms with Gasteiger partial charge >= 0.3 is 0 Å². The summed E-state index contributed by atoms with van der Waals surface area (Å²) in [7, 11) is -3.73. The van der Waals surface area contributed by atoms with Crippen LogP contribution < -0.4 is 10.0 Å². The molecule has 2 aromatic carbocycles. The Morgan fingerprint density at radius 1 is 1.03 bits per heavy atom. The summed E-state index contributed by atoms with van der Waals surface area (Å²) in [6.07, 6.45) is 0. The minimum atomic E-state index is -3.73. The summed E-state index contributed by atoms with van der Waals surface area (Å²) in [5.74, 6) is -1.04. The van der Waals surface area contributed by atoms with Crippen LogP contribution in [0.5, 0.6) is 0 Å². The molecule has 2 aromatic heterocycles. The van der Waals surface area contributed by atoms with Crippen LogP contribution in [0.25, 0.3) is 5.69 Å². The average molecular weight is 471 g/mol. The van der Waals surface area contributed by atoms with E-state index in [1.165, 1.54) is 28.9 Å². The highest BCUT2D eigenvalue weighted by molar-refractivity contribution is 7.94. The summed E-state index contributed by atoms with van der Waals surface area (Å²) in [5.41, 5.74) is 2.58. The van der Waals surface area contributed by atoms with E-state index in [-0.39, 0.29) is 26.8 Å². The molecule has 32 heavy (non-hydrogen) atoms. The van der Waals surface area contributed by atoms with Crippen LogP contribution in [0.2, 0.25) is 0 Å². The van der Waals surface area contributed by atoms with Crippen molar-refractivity contribution in [2.45, 2.75) is 18.1 Å². The first kappa shape index (κ1) is 21.7. The number of benzene rings is 2. The number of anilines is 2. The summed E-state index contributed by atoms with van der Waals surface area (Å²) < 4.78 is 43.6. The summed E-state index contributed by atoms with van der Waals surface area (Å²) in [6, 6.07) is 15.4. The van der Waals surface area contributed by atoms with E-state index in [2.05, 4.69) is 15.1 Å². The topological polar surface area (TPSA) is 93.1 Å². The molecule has 0 unspecified atom stereocenters. The number of rotatable bonds is 6. The molecule has 0 aliphatic rings. The van der Waals surface area contributed by atoms with Gasteiger partial charge in [0.05, 0.1) is 5.69 Å². The van der Waals surface area contributed by atoms with E-state index in [4.69, 9.17) is 0 Å². The number of nitrogens with zero attached hydrogens (tertiary/aromatic N) is 2. The third kappa shape index (κ3) is 4.56. The molecule has 0 saturated heterocycles. The summed E-state index contributed by atoms with van der Waals surface area (Å²) in [6.45, 7) is 3.65. The van der Waals surface area contributed by atoms with Crippen molar-refractivity contribution >= 4 is 38.6 Å². The van der Waals surface area contributed by atoms with Crippen LogP contribution in [0.3, 0.4) is 0 Å². The number of aryl methyl sites for hydroxylation is 2. The Morgan fingerprint density at radius 3 is 2.50 bits per heavy atom. The van der Waals surface area contributed by atoms with Crippen molar-refractivity contribution in [1.29, 1.82) is 0 Å². The summed E-state index contributed by atoms with van der Waals surface area (Å²) >= 11 is 1.09. The maximum absolute atomic E-state index is 14.7. The van der Waals surface area contributed by atoms with Gasteiger partial charge in [-0.25, -0.2) is 17.5 Å². The van der Waals surface area contributed by atoms with E-state index in [0.29, 0.717) is 0 Å². The number of thiophene rings is 1. The van der Waals surface area contributed by atoms with Crippen molar-refractivity contribution in [2.75, 3.05) is 10.0 Å². The van der Waals surface area contributed by atoms with Gasteiger partial charge in [-0.3, -0.25) is 9.52 Å². The van der Waals surface area contributed by atoms with Gasteiger partial charge in [0, 0.05) is 22.6 Å². The Hall–Kier alpha value is -3.50. The molecular weight excluding hydrogens is 451 g/mol. The van der Waals surface area contributed by atoms with Gasteiger partial charge in [-0.15, -0.1) is 11.3 Å². The van der Waals surface area contributed by atoms with E-state index < -0.39 is 21.7 Å². The van der Waals surface area contributed by atoms with Gasteiger partial charge < -0.3 is 5.32 Å². The molecule has 7 nitrogen and oxygen atoms in total. The molecule has 0 spiro atoms. The first-order valence-corrected chi connectivity index (χ1v) is 11.9. The van der Waals surface area contributed by atoms with E-state index in [0.717, 1.165) is 22.7 Å². The van der Waals surface area contributed by atoms with Crippen LogP contribution >= 0.6 is 11.3 Å². The van der Waals surface area contributed by atoms with Crippen molar-refractivity contribution in [1.82, 2.24) is 9.78 Å². The standard InChI is InChI=1S/C22H19FN4O3S2/c1-14-11-15(2)27(25-14)20-9-8-17(13-19(20)23)24-22(28)16-5-3-6-18(12-16)26-32(29,30)21-7-4-10-31-21/h3-13,26H,1-2H3,(H,24,28). The van der Waals surface area contributed by atoms with E-state index in [9.17, 15) is 17.6 Å². The van der Waals surface area contributed by atoms with Gasteiger partial charge in [-0.2, -0.15) is 5.10 Å². The fourth-order valence-corrected chi connectivity index (χ4v) is 5.22. The number of hydrogen-bond acceptors (Lipinski definition) is 5.